The van der Waals surface area contributed by atoms with Crippen LogP contribution >= 0.6 is 11.6 Å². The third kappa shape index (κ3) is 3.28. The Balaban J connectivity index is 2.16. The minimum Gasteiger partial charge on any atom is -0.481 e. The molecule has 7 heteroatoms. The summed E-state index contributed by atoms with van der Waals surface area (Å²) in [7, 11) is 1.54. The van der Waals surface area contributed by atoms with Crippen LogP contribution in [0, 0.1) is 0 Å². The number of nitrogens with zero attached hydrogens (tertiary/aromatic N) is 2. The number of carbonyl (C=O) groups is 1. The van der Waals surface area contributed by atoms with Crippen LogP contribution in [0.25, 0.3) is 21.9 Å². The molecule has 3 aromatic rings. The normalized spacial score (nSPS) is 10.7. The van der Waals surface area contributed by atoms with E-state index in [2.05, 4.69) is 15.3 Å². The lowest BCUT2D eigenvalue weighted by atomic mass is 9.99. The summed E-state index contributed by atoms with van der Waals surface area (Å²) in [4.78, 5) is 20.8. The molecule has 0 saturated heterocycles. The fourth-order valence-corrected chi connectivity index (χ4v) is 2.92. The largest absolute Gasteiger partial charge is 0.481 e. The molecule has 0 saturated carbocycles. The number of anilines is 1. The maximum Gasteiger partial charge on any atom is 0.272 e. The van der Waals surface area contributed by atoms with Crippen LogP contribution in [0.5, 0.6) is 5.88 Å². The zero-order valence-corrected chi connectivity index (χ0v) is 15.3. The summed E-state index contributed by atoms with van der Waals surface area (Å²) >= 11 is 5.96. The van der Waals surface area contributed by atoms with E-state index in [0.717, 1.165) is 28.3 Å². The smallest absolute Gasteiger partial charge is 0.272 e. The van der Waals surface area contributed by atoms with Crippen LogP contribution in [0.2, 0.25) is 5.15 Å². The molecule has 134 valence electrons. The lowest BCUT2D eigenvalue weighted by molar-refractivity contribution is 0.0950. The van der Waals surface area contributed by atoms with Crippen molar-refractivity contribution >= 4 is 34.0 Å². The number of halogens is 1. The molecule has 26 heavy (non-hydrogen) atoms. The second-order valence-electron chi connectivity index (χ2n) is 5.73. The number of carbonyl (C=O) groups excluding carboxylic acids is 1. The zero-order chi connectivity index (χ0) is 18.7. The first-order valence-electron chi connectivity index (χ1n) is 8.23. The second kappa shape index (κ2) is 7.58. The Bertz CT molecular complexity index is 975. The van der Waals surface area contributed by atoms with Crippen LogP contribution in [0.1, 0.15) is 23.8 Å². The van der Waals surface area contributed by atoms with Crippen molar-refractivity contribution in [1.29, 1.82) is 0 Å². The number of pyridine rings is 2. The molecule has 2 aromatic heterocycles. The van der Waals surface area contributed by atoms with Crippen molar-refractivity contribution in [1.82, 2.24) is 15.3 Å². The molecule has 1 aromatic carbocycles. The van der Waals surface area contributed by atoms with Gasteiger partial charge in [0.05, 0.1) is 12.8 Å². The van der Waals surface area contributed by atoms with Gasteiger partial charge in [-0.05, 0) is 24.1 Å². The van der Waals surface area contributed by atoms with E-state index in [1.54, 1.807) is 12.3 Å². The lowest BCUT2D eigenvalue weighted by Crippen LogP contribution is -2.26. The van der Waals surface area contributed by atoms with Gasteiger partial charge in [-0.25, -0.2) is 9.97 Å². The summed E-state index contributed by atoms with van der Waals surface area (Å²) in [5.74, 6) is 0.135. The van der Waals surface area contributed by atoms with E-state index in [0.29, 0.717) is 23.3 Å². The molecular weight excluding hydrogens is 352 g/mol. The number of nitrogen functional groups attached to an aromatic ring is 1. The minimum atomic E-state index is -0.276. The number of nitrogens with one attached hydrogen (secondary N) is 1. The summed E-state index contributed by atoms with van der Waals surface area (Å²) in [5, 5.41) is 4.70. The summed E-state index contributed by atoms with van der Waals surface area (Å²) in [6, 6.07) is 9.19. The zero-order valence-electron chi connectivity index (χ0n) is 14.5. The molecule has 0 fully saturated rings. The fraction of sp³-hybridized carbons (Fsp3) is 0.211. The van der Waals surface area contributed by atoms with Gasteiger partial charge in [-0.15, -0.1) is 0 Å². The van der Waals surface area contributed by atoms with Gasteiger partial charge in [0, 0.05) is 29.1 Å². The second-order valence-corrected chi connectivity index (χ2v) is 6.12. The Morgan fingerprint density at radius 3 is 2.77 bits per heavy atom. The maximum atomic E-state index is 12.3. The number of hydrogen-bond donors (Lipinski definition) is 2. The van der Waals surface area contributed by atoms with Crippen molar-refractivity contribution < 1.29 is 9.53 Å². The molecule has 0 unspecified atom stereocenters. The fourth-order valence-electron chi connectivity index (χ4n) is 2.78. The van der Waals surface area contributed by atoms with Crippen molar-refractivity contribution in [2.75, 3.05) is 19.4 Å². The SMILES string of the molecule is CCCNC(=O)c1ncc2c(-c3ccc(Cl)nc3OC)cccc2c1N. The molecule has 3 N–H and O–H groups in total. The summed E-state index contributed by atoms with van der Waals surface area (Å²) in [5.41, 5.74) is 8.43. The van der Waals surface area contributed by atoms with E-state index in [1.807, 2.05) is 31.2 Å². The van der Waals surface area contributed by atoms with Crippen molar-refractivity contribution in [3.05, 3.63) is 47.4 Å². The van der Waals surface area contributed by atoms with Crippen molar-refractivity contribution in [2.45, 2.75) is 13.3 Å². The van der Waals surface area contributed by atoms with E-state index in [-0.39, 0.29) is 11.6 Å². The Morgan fingerprint density at radius 1 is 1.23 bits per heavy atom. The number of benzene rings is 1. The number of nitrogens with two attached hydrogens (primary N) is 1. The highest BCUT2D eigenvalue weighted by atomic mass is 35.5. The average Bonchev–Trinajstić information content (AvgIpc) is 2.66. The van der Waals surface area contributed by atoms with Gasteiger partial charge in [0.2, 0.25) is 5.88 Å². The standard InChI is InChI=1S/C19H19ClN4O2/c1-3-9-22-18(25)17-16(21)12-6-4-5-11(14(12)10-23-17)13-7-8-15(20)24-19(13)26-2/h4-8,10H,3,9,21H2,1-2H3,(H,22,25). The molecule has 0 atom stereocenters. The number of aromatic nitrogens is 2. The third-order valence-electron chi connectivity index (χ3n) is 4.03. The predicted molar refractivity (Wildman–Crippen MR) is 104 cm³/mol. The van der Waals surface area contributed by atoms with Crippen LogP contribution in [-0.4, -0.2) is 29.5 Å². The molecule has 0 bridgehead atoms. The first-order chi connectivity index (χ1) is 12.6. The Morgan fingerprint density at radius 2 is 2.04 bits per heavy atom. The number of hydrogen-bond acceptors (Lipinski definition) is 5. The first-order valence-corrected chi connectivity index (χ1v) is 8.61. The van der Waals surface area contributed by atoms with Crippen LogP contribution in [0.15, 0.2) is 36.5 Å². The van der Waals surface area contributed by atoms with E-state index in [4.69, 9.17) is 22.1 Å². The molecule has 6 nitrogen and oxygen atoms in total. The number of rotatable bonds is 5. The molecule has 2 heterocycles. The van der Waals surface area contributed by atoms with Gasteiger partial charge in [-0.2, -0.15) is 0 Å². The van der Waals surface area contributed by atoms with Crippen molar-refractivity contribution in [3.63, 3.8) is 0 Å². The van der Waals surface area contributed by atoms with Gasteiger partial charge in [0.15, 0.2) is 5.69 Å². The van der Waals surface area contributed by atoms with E-state index in [1.165, 1.54) is 7.11 Å². The Labute approximate surface area is 156 Å². The van der Waals surface area contributed by atoms with Crippen LogP contribution in [0.3, 0.4) is 0 Å². The number of fused-ring (bicyclic) bond motifs is 1. The molecule has 0 aliphatic carbocycles. The maximum absolute atomic E-state index is 12.3. The summed E-state index contributed by atoms with van der Waals surface area (Å²) in [6.07, 6.45) is 2.49. The summed E-state index contributed by atoms with van der Waals surface area (Å²) in [6.45, 7) is 2.56. The molecule has 0 aliphatic heterocycles. The van der Waals surface area contributed by atoms with Crippen molar-refractivity contribution in [2.24, 2.45) is 0 Å². The van der Waals surface area contributed by atoms with Crippen molar-refractivity contribution in [3.8, 4) is 17.0 Å². The van der Waals surface area contributed by atoms with Gasteiger partial charge in [-0.3, -0.25) is 4.79 Å². The highest BCUT2D eigenvalue weighted by Gasteiger charge is 2.17. The minimum absolute atomic E-state index is 0.226. The molecular formula is C19H19ClN4O2. The molecule has 0 radical (unpaired) electrons. The highest BCUT2D eigenvalue weighted by Crippen LogP contribution is 2.36. The van der Waals surface area contributed by atoms with Crippen LogP contribution in [0.4, 0.5) is 5.69 Å². The topological polar surface area (TPSA) is 90.1 Å². The molecule has 0 spiro atoms. The van der Waals surface area contributed by atoms with Gasteiger partial charge in [0.1, 0.15) is 5.15 Å². The predicted octanol–water partition coefficient (Wildman–Crippen LogP) is 3.68. The first kappa shape index (κ1) is 17.9. The average molecular weight is 371 g/mol. The van der Waals surface area contributed by atoms with E-state index >= 15 is 0 Å². The monoisotopic (exact) mass is 370 g/mol. The number of methoxy groups -OCH3 is 1. The van der Waals surface area contributed by atoms with Gasteiger partial charge < -0.3 is 15.8 Å². The molecule has 0 aliphatic rings. The lowest BCUT2D eigenvalue weighted by Gasteiger charge is -2.13. The summed E-state index contributed by atoms with van der Waals surface area (Å²) < 4.78 is 5.35. The van der Waals surface area contributed by atoms with Gasteiger partial charge >= 0.3 is 0 Å². The quantitative estimate of drug-likeness (QED) is 0.668. The van der Waals surface area contributed by atoms with Crippen LogP contribution < -0.4 is 15.8 Å². The Hall–Kier alpha value is -2.86. The Kier molecular flexibility index (Phi) is 5.23. The third-order valence-corrected chi connectivity index (χ3v) is 4.25. The van der Waals surface area contributed by atoms with E-state index < -0.39 is 0 Å². The number of amides is 1. The number of ether oxygens (including phenoxy) is 1. The van der Waals surface area contributed by atoms with E-state index in [9.17, 15) is 4.79 Å². The van der Waals surface area contributed by atoms with Crippen LogP contribution in [-0.2, 0) is 0 Å². The highest BCUT2D eigenvalue weighted by molar-refractivity contribution is 6.29. The van der Waals surface area contributed by atoms with Gasteiger partial charge in [-0.1, -0.05) is 36.7 Å². The molecule has 3 rings (SSSR count). The molecule has 1 amide bonds. The van der Waals surface area contributed by atoms with Gasteiger partial charge in [0.25, 0.3) is 5.91 Å².